The zero-order valence-electron chi connectivity index (χ0n) is 15.4. The third kappa shape index (κ3) is 4.45. The van der Waals surface area contributed by atoms with Crippen molar-refractivity contribution in [1.82, 2.24) is 4.90 Å². The Kier molecular flexibility index (Phi) is 6.36. The van der Waals surface area contributed by atoms with E-state index in [1.165, 1.54) is 12.1 Å². The van der Waals surface area contributed by atoms with Crippen LogP contribution in [-0.4, -0.2) is 23.0 Å². The first-order valence-electron chi connectivity index (χ1n) is 8.13. The molecule has 150 valence electrons. The fourth-order valence-electron chi connectivity index (χ4n) is 2.77. The van der Waals surface area contributed by atoms with Gasteiger partial charge in [-0.05, 0) is 48.9 Å². The Morgan fingerprint density at radius 1 is 1.25 bits per heavy atom. The average Bonchev–Trinajstić information content (AvgIpc) is 2.58. The van der Waals surface area contributed by atoms with Crippen molar-refractivity contribution in [3.8, 4) is 0 Å². The predicted octanol–water partition coefficient (Wildman–Crippen LogP) is 4.69. The van der Waals surface area contributed by atoms with Gasteiger partial charge in [-0.25, -0.2) is 4.79 Å². The molecule has 2 aromatic carbocycles. The van der Waals surface area contributed by atoms with Gasteiger partial charge in [0.2, 0.25) is 0 Å². The van der Waals surface area contributed by atoms with Gasteiger partial charge in [0.1, 0.15) is 0 Å². The molecule has 0 amide bonds. The Morgan fingerprint density at radius 3 is 2.39 bits per heavy atom. The summed E-state index contributed by atoms with van der Waals surface area (Å²) in [5, 5.41) is 10.3. The molecule has 0 aliphatic rings. The molecule has 0 aromatic heterocycles. The molecule has 2 rings (SSSR count). The first kappa shape index (κ1) is 22.1. The highest BCUT2D eigenvalue weighted by Crippen LogP contribution is 2.30. The molecule has 0 radical (unpaired) electrons. The van der Waals surface area contributed by atoms with Gasteiger partial charge >= 0.3 is 12.1 Å². The third-order valence-corrected chi connectivity index (χ3v) is 5.36. The lowest BCUT2D eigenvalue weighted by Gasteiger charge is -2.23. The highest BCUT2D eigenvalue weighted by atomic mass is 35.5. The van der Waals surface area contributed by atoms with Crippen molar-refractivity contribution >= 4 is 41.4 Å². The zero-order valence-corrected chi connectivity index (χ0v) is 16.9. The number of rotatable bonds is 4. The number of benzene rings is 2. The minimum absolute atomic E-state index is 0.00489. The SMILES string of the molecule is C=c1c(C)cc(C(F)(F)F)c/c1=C(\C)N(C)Cc1c(Cl)ccc(C(=O)O)c1Cl. The van der Waals surface area contributed by atoms with Gasteiger partial charge in [0, 0.05) is 35.1 Å². The molecule has 0 bridgehead atoms. The van der Waals surface area contributed by atoms with Crippen molar-refractivity contribution in [1.29, 1.82) is 0 Å². The van der Waals surface area contributed by atoms with Crippen LogP contribution in [0.15, 0.2) is 24.3 Å². The first-order valence-corrected chi connectivity index (χ1v) is 8.89. The van der Waals surface area contributed by atoms with Crippen molar-refractivity contribution in [2.24, 2.45) is 0 Å². The highest BCUT2D eigenvalue weighted by molar-refractivity contribution is 6.37. The van der Waals surface area contributed by atoms with Crippen LogP contribution in [0.5, 0.6) is 0 Å². The lowest BCUT2D eigenvalue weighted by Crippen LogP contribution is -2.34. The maximum atomic E-state index is 13.2. The van der Waals surface area contributed by atoms with Crippen LogP contribution in [0.2, 0.25) is 10.0 Å². The summed E-state index contributed by atoms with van der Waals surface area (Å²) < 4.78 is 39.5. The van der Waals surface area contributed by atoms with Gasteiger partial charge in [0.15, 0.2) is 0 Å². The number of carbonyl (C=O) groups is 1. The van der Waals surface area contributed by atoms with Crippen molar-refractivity contribution in [3.63, 3.8) is 0 Å². The molecule has 2 aromatic rings. The summed E-state index contributed by atoms with van der Waals surface area (Å²) in [7, 11) is 1.66. The quantitative estimate of drug-likeness (QED) is 0.763. The van der Waals surface area contributed by atoms with E-state index in [0.717, 1.165) is 12.1 Å². The predicted molar refractivity (Wildman–Crippen MR) is 105 cm³/mol. The van der Waals surface area contributed by atoms with E-state index in [9.17, 15) is 23.1 Å². The maximum Gasteiger partial charge on any atom is 0.416 e. The molecule has 0 fully saturated rings. The van der Waals surface area contributed by atoms with E-state index in [1.807, 2.05) is 0 Å². The Balaban J connectivity index is 2.59. The second-order valence-electron chi connectivity index (χ2n) is 6.45. The fraction of sp³-hybridized carbons (Fsp3) is 0.250. The van der Waals surface area contributed by atoms with Crippen LogP contribution >= 0.6 is 23.2 Å². The Hall–Kier alpha value is -2.18. The normalized spacial score (nSPS) is 12.7. The second kappa shape index (κ2) is 8.05. The molecule has 0 aliphatic heterocycles. The van der Waals surface area contributed by atoms with Crippen LogP contribution in [0.25, 0.3) is 12.3 Å². The Morgan fingerprint density at radius 2 is 1.86 bits per heavy atom. The smallest absolute Gasteiger partial charge is 0.416 e. The number of aromatic carboxylic acids is 1. The number of aryl methyl sites for hydroxylation is 1. The summed E-state index contributed by atoms with van der Waals surface area (Å²) in [6, 6.07) is 4.84. The van der Waals surface area contributed by atoms with Crippen LogP contribution in [0, 0.1) is 6.92 Å². The lowest BCUT2D eigenvalue weighted by atomic mass is 10.0. The summed E-state index contributed by atoms with van der Waals surface area (Å²) in [6.45, 7) is 7.22. The summed E-state index contributed by atoms with van der Waals surface area (Å²) in [4.78, 5) is 12.9. The van der Waals surface area contributed by atoms with Gasteiger partial charge in [-0.2, -0.15) is 13.2 Å². The van der Waals surface area contributed by atoms with Gasteiger partial charge in [0.25, 0.3) is 0 Å². The summed E-state index contributed by atoms with van der Waals surface area (Å²) in [5.74, 6) is -1.19. The topological polar surface area (TPSA) is 40.5 Å². The molecular formula is C20H18Cl2F3NO2. The average molecular weight is 432 g/mol. The number of alkyl halides is 3. The molecule has 28 heavy (non-hydrogen) atoms. The molecule has 0 spiro atoms. The Bertz CT molecular complexity index is 1050. The molecule has 0 unspecified atom stereocenters. The zero-order chi connectivity index (χ0) is 21.4. The van der Waals surface area contributed by atoms with E-state index in [0.29, 0.717) is 27.3 Å². The van der Waals surface area contributed by atoms with Crippen molar-refractivity contribution in [3.05, 3.63) is 67.0 Å². The van der Waals surface area contributed by atoms with Gasteiger partial charge in [-0.1, -0.05) is 29.8 Å². The van der Waals surface area contributed by atoms with E-state index < -0.39 is 17.7 Å². The van der Waals surface area contributed by atoms with Crippen LogP contribution in [-0.2, 0) is 12.7 Å². The standard InChI is InChI=1S/C20H18Cl2F3NO2/c1-10-7-13(20(23,24)25)8-15(11(10)2)12(3)26(4)9-16-17(21)6-5-14(18(16)22)19(27)28/h5-8H,2,9H2,1,3-4H3,(H,27,28)/b15-12-. The van der Waals surface area contributed by atoms with Crippen molar-refractivity contribution in [2.75, 3.05) is 7.05 Å². The minimum atomic E-state index is -4.48. The van der Waals surface area contributed by atoms with Gasteiger partial charge < -0.3 is 10.0 Å². The van der Waals surface area contributed by atoms with Crippen molar-refractivity contribution in [2.45, 2.75) is 26.6 Å². The number of carboxylic acids is 1. The number of carboxylic acid groups (broad SMARTS) is 1. The van der Waals surface area contributed by atoms with E-state index in [2.05, 4.69) is 6.58 Å². The van der Waals surface area contributed by atoms with Crippen LogP contribution in [0.3, 0.4) is 0 Å². The van der Waals surface area contributed by atoms with Gasteiger partial charge in [-0.3, -0.25) is 0 Å². The number of hydrogen-bond donors (Lipinski definition) is 1. The molecule has 0 saturated heterocycles. The molecule has 1 N–H and O–H groups in total. The molecule has 8 heteroatoms. The molecule has 0 saturated carbocycles. The monoisotopic (exact) mass is 431 g/mol. The summed E-state index contributed by atoms with van der Waals surface area (Å²) >= 11 is 12.4. The minimum Gasteiger partial charge on any atom is -0.478 e. The molecule has 3 nitrogen and oxygen atoms in total. The molecule has 0 aliphatic carbocycles. The summed E-state index contributed by atoms with van der Waals surface area (Å²) in [6.07, 6.45) is -4.48. The molecular weight excluding hydrogens is 414 g/mol. The third-order valence-electron chi connectivity index (χ3n) is 4.57. The van der Waals surface area contributed by atoms with E-state index in [1.54, 1.807) is 25.8 Å². The number of hydrogen-bond acceptors (Lipinski definition) is 2. The summed E-state index contributed by atoms with van der Waals surface area (Å²) in [5.41, 5.74) is 0.455. The maximum absolute atomic E-state index is 13.2. The van der Waals surface area contributed by atoms with E-state index in [-0.39, 0.29) is 22.2 Å². The van der Waals surface area contributed by atoms with Gasteiger partial charge in [-0.15, -0.1) is 0 Å². The van der Waals surface area contributed by atoms with Crippen LogP contribution < -0.4 is 10.4 Å². The molecule has 0 heterocycles. The van der Waals surface area contributed by atoms with Crippen molar-refractivity contribution < 1.29 is 23.1 Å². The highest BCUT2D eigenvalue weighted by Gasteiger charge is 2.30. The van der Waals surface area contributed by atoms with E-state index in [4.69, 9.17) is 23.2 Å². The fourth-order valence-corrected chi connectivity index (χ4v) is 3.34. The van der Waals surface area contributed by atoms with E-state index >= 15 is 0 Å². The van der Waals surface area contributed by atoms with Crippen LogP contribution in [0.4, 0.5) is 13.2 Å². The second-order valence-corrected chi connectivity index (χ2v) is 7.24. The van der Waals surface area contributed by atoms with Crippen LogP contribution in [0.1, 0.15) is 34.0 Å². The Labute approximate surface area is 170 Å². The first-order chi connectivity index (χ1) is 12.8. The van der Waals surface area contributed by atoms with Gasteiger partial charge in [0.05, 0.1) is 16.1 Å². The molecule has 0 atom stereocenters. The number of halogens is 5. The number of nitrogens with zero attached hydrogens (tertiary/aromatic N) is 1. The largest absolute Gasteiger partial charge is 0.478 e. The lowest BCUT2D eigenvalue weighted by molar-refractivity contribution is -0.137.